The van der Waals surface area contributed by atoms with Gasteiger partial charge >= 0.3 is 0 Å². The summed E-state index contributed by atoms with van der Waals surface area (Å²) in [6, 6.07) is 1.88. The first-order valence-electron chi connectivity index (χ1n) is 4.15. The highest BCUT2D eigenvalue weighted by Gasteiger charge is 1.99. The summed E-state index contributed by atoms with van der Waals surface area (Å²) in [7, 11) is 0. The molecule has 1 aromatic rings. The predicted octanol–water partition coefficient (Wildman–Crippen LogP) is 1.10. The van der Waals surface area contributed by atoms with Crippen LogP contribution in [0.5, 0.6) is 0 Å². The zero-order chi connectivity index (χ0) is 8.97. The quantitative estimate of drug-likeness (QED) is 0.731. The summed E-state index contributed by atoms with van der Waals surface area (Å²) in [5, 5.41) is 9.04. The van der Waals surface area contributed by atoms with Crippen molar-refractivity contribution in [2.24, 2.45) is 0 Å². The maximum Gasteiger partial charge on any atom is 0.125 e. The highest BCUT2D eigenvalue weighted by atomic mass is 16.3. The molecule has 1 heterocycles. The molecule has 66 valence electrons. The maximum absolute atomic E-state index is 9.04. The highest BCUT2D eigenvalue weighted by Crippen LogP contribution is 2.01. The van der Waals surface area contributed by atoms with Crippen molar-refractivity contribution < 1.29 is 5.11 Å². The summed E-state index contributed by atoms with van der Waals surface area (Å²) in [5.74, 6) is 0.790. The first-order chi connectivity index (χ1) is 5.68. The average Bonchev–Trinajstić information content (AvgIpc) is 2.01. The van der Waals surface area contributed by atoms with Gasteiger partial charge in [0.2, 0.25) is 0 Å². The van der Waals surface area contributed by atoms with E-state index in [1.807, 2.05) is 13.0 Å². The van der Waals surface area contributed by atoms with Crippen molar-refractivity contribution in [3.63, 3.8) is 0 Å². The van der Waals surface area contributed by atoms with Gasteiger partial charge in [-0.15, -0.1) is 0 Å². The molecule has 1 unspecified atom stereocenters. The van der Waals surface area contributed by atoms with Crippen LogP contribution in [0.3, 0.4) is 0 Å². The minimum absolute atomic E-state index is 0.250. The Bertz CT molecular complexity index is 248. The van der Waals surface area contributed by atoms with Gasteiger partial charge in [-0.2, -0.15) is 0 Å². The topological polar surface area (TPSA) is 46.0 Å². The van der Waals surface area contributed by atoms with E-state index in [0.717, 1.165) is 24.4 Å². The number of rotatable bonds is 3. The van der Waals surface area contributed by atoms with Gasteiger partial charge in [0, 0.05) is 11.9 Å². The van der Waals surface area contributed by atoms with Gasteiger partial charge in [0.15, 0.2) is 0 Å². The van der Waals surface area contributed by atoms with Crippen LogP contribution >= 0.6 is 0 Å². The number of hydrogen-bond donors (Lipinski definition) is 1. The molecule has 0 aliphatic rings. The van der Waals surface area contributed by atoms with Crippen molar-refractivity contribution in [3.05, 3.63) is 23.8 Å². The third-order valence-corrected chi connectivity index (χ3v) is 1.65. The molecule has 0 aliphatic carbocycles. The molecule has 1 aromatic heterocycles. The third kappa shape index (κ3) is 2.96. The average molecular weight is 166 g/mol. The molecule has 12 heavy (non-hydrogen) atoms. The van der Waals surface area contributed by atoms with E-state index in [0.29, 0.717) is 0 Å². The van der Waals surface area contributed by atoms with E-state index in [2.05, 4.69) is 9.97 Å². The molecule has 0 spiro atoms. The van der Waals surface area contributed by atoms with Gasteiger partial charge in [-0.3, -0.25) is 0 Å². The van der Waals surface area contributed by atoms with Crippen LogP contribution in [0, 0.1) is 6.92 Å². The van der Waals surface area contributed by atoms with Gasteiger partial charge in [0.1, 0.15) is 5.82 Å². The summed E-state index contributed by atoms with van der Waals surface area (Å²) in [6.07, 6.45) is 3.08. The SMILES string of the molecule is Cc1nccc(CCC(C)O)n1. The largest absolute Gasteiger partial charge is 0.393 e. The Hall–Kier alpha value is -0.960. The second kappa shape index (κ2) is 4.16. The van der Waals surface area contributed by atoms with Crippen LogP contribution in [0.25, 0.3) is 0 Å². The van der Waals surface area contributed by atoms with Gasteiger partial charge in [-0.25, -0.2) is 9.97 Å². The maximum atomic E-state index is 9.04. The van der Waals surface area contributed by atoms with Crippen molar-refractivity contribution in [1.29, 1.82) is 0 Å². The lowest BCUT2D eigenvalue weighted by atomic mass is 10.2. The van der Waals surface area contributed by atoms with Crippen molar-refractivity contribution in [2.75, 3.05) is 0 Å². The molecule has 0 bridgehead atoms. The van der Waals surface area contributed by atoms with E-state index in [1.54, 1.807) is 13.1 Å². The summed E-state index contributed by atoms with van der Waals surface area (Å²) < 4.78 is 0. The van der Waals surface area contributed by atoms with Crippen LogP contribution in [0.15, 0.2) is 12.3 Å². The zero-order valence-corrected chi connectivity index (χ0v) is 7.49. The molecular formula is C9H14N2O. The Morgan fingerprint density at radius 1 is 1.58 bits per heavy atom. The van der Waals surface area contributed by atoms with Gasteiger partial charge in [0.25, 0.3) is 0 Å². The van der Waals surface area contributed by atoms with E-state index >= 15 is 0 Å². The predicted molar refractivity (Wildman–Crippen MR) is 46.8 cm³/mol. The molecule has 0 fully saturated rings. The first-order valence-corrected chi connectivity index (χ1v) is 4.15. The minimum atomic E-state index is -0.250. The van der Waals surface area contributed by atoms with Crippen molar-refractivity contribution >= 4 is 0 Å². The first kappa shape index (κ1) is 9.13. The molecule has 1 rings (SSSR count). The molecule has 0 aliphatic heterocycles. The fourth-order valence-electron chi connectivity index (χ4n) is 1.00. The zero-order valence-electron chi connectivity index (χ0n) is 7.49. The Morgan fingerprint density at radius 2 is 2.33 bits per heavy atom. The van der Waals surface area contributed by atoms with Crippen LogP contribution < -0.4 is 0 Å². The van der Waals surface area contributed by atoms with Gasteiger partial charge in [-0.1, -0.05) is 0 Å². The lowest BCUT2D eigenvalue weighted by molar-refractivity contribution is 0.184. The number of aryl methyl sites for hydroxylation is 2. The summed E-state index contributed by atoms with van der Waals surface area (Å²) >= 11 is 0. The van der Waals surface area contributed by atoms with Crippen LogP contribution in [0.1, 0.15) is 24.9 Å². The summed E-state index contributed by atoms with van der Waals surface area (Å²) in [5.41, 5.74) is 1.00. The fourth-order valence-corrected chi connectivity index (χ4v) is 1.00. The van der Waals surface area contributed by atoms with Crippen molar-refractivity contribution in [3.8, 4) is 0 Å². The summed E-state index contributed by atoms with van der Waals surface area (Å²) in [4.78, 5) is 8.22. The van der Waals surface area contributed by atoms with Crippen molar-refractivity contribution in [2.45, 2.75) is 32.8 Å². The molecule has 0 radical (unpaired) electrons. The van der Waals surface area contributed by atoms with Gasteiger partial charge < -0.3 is 5.11 Å². The molecule has 0 amide bonds. The van der Waals surface area contributed by atoms with Crippen LogP contribution in [0.4, 0.5) is 0 Å². The van der Waals surface area contributed by atoms with E-state index in [4.69, 9.17) is 5.11 Å². The molecular weight excluding hydrogens is 152 g/mol. The number of hydrogen-bond acceptors (Lipinski definition) is 3. The van der Waals surface area contributed by atoms with Crippen LogP contribution in [-0.4, -0.2) is 21.2 Å². The molecule has 1 N–H and O–H groups in total. The van der Waals surface area contributed by atoms with Gasteiger partial charge in [0.05, 0.1) is 6.10 Å². The monoisotopic (exact) mass is 166 g/mol. The number of aliphatic hydroxyl groups excluding tert-OH is 1. The second-order valence-corrected chi connectivity index (χ2v) is 2.98. The fraction of sp³-hybridized carbons (Fsp3) is 0.556. The molecule has 0 aromatic carbocycles. The second-order valence-electron chi connectivity index (χ2n) is 2.98. The minimum Gasteiger partial charge on any atom is -0.393 e. The number of nitrogens with zero attached hydrogens (tertiary/aromatic N) is 2. The smallest absolute Gasteiger partial charge is 0.125 e. The standard InChI is InChI=1S/C9H14N2O/c1-7(12)3-4-9-5-6-10-8(2)11-9/h5-7,12H,3-4H2,1-2H3. The van der Waals surface area contributed by atoms with Crippen LogP contribution in [0.2, 0.25) is 0 Å². The van der Waals surface area contributed by atoms with Gasteiger partial charge in [-0.05, 0) is 32.8 Å². The van der Waals surface area contributed by atoms with E-state index < -0.39 is 0 Å². The lowest BCUT2D eigenvalue weighted by Crippen LogP contribution is -2.03. The lowest BCUT2D eigenvalue weighted by Gasteiger charge is -2.03. The normalized spacial score (nSPS) is 12.9. The van der Waals surface area contributed by atoms with Crippen molar-refractivity contribution in [1.82, 2.24) is 9.97 Å². The number of aliphatic hydroxyl groups is 1. The van der Waals surface area contributed by atoms with Crippen LogP contribution in [-0.2, 0) is 6.42 Å². The Balaban J connectivity index is 2.52. The Kier molecular flexibility index (Phi) is 3.17. The molecule has 1 atom stereocenters. The molecule has 0 saturated carbocycles. The third-order valence-electron chi connectivity index (χ3n) is 1.65. The van der Waals surface area contributed by atoms with E-state index in [1.165, 1.54) is 0 Å². The number of aromatic nitrogens is 2. The molecule has 0 saturated heterocycles. The molecule has 3 nitrogen and oxygen atoms in total. The van der Waals surface area contributed by atoms with E-state index in [9.17, 15) is 0 Å². The van der Waals surface area contributed by atoms with E-state index in [-0.39, 0.29) is 6.10 Å². The Morgan fingerprint density at radius 3 is 2.92 bits per heavy atom. The highest BCUT2D eigenvalue weighted by molar-refractivity contribution is 5.01. The molecule has 3 heteroatoms. The Labute approximate surface area is 72.5 Å². The summed E-state index contributed by atoms with van der Waals surface area (Å²) in [6.45, 7) is 3.65.